The second-order valence-electron chi connectivity index (χ2n) is 11.4. The Balaban J connectivity index is 1.61. The molecule has 3 fully saturated rings. The van der Waals surface area contributed by atoms with Crippen molar-refractivity contribution in [1.82, 2.24) is 4.98 Å². The van der Waals surface area contributed by atoms with Crippen molar-refractivity contribution in [2.24, 2.45) is 17.3 Å². The number of rotatable bonds is 3. The van der Waals surface area contributed by atoms with Gasteiger partial charge in [-0.2, -0.15) is 0 Å². The monoisotopic (exact) mass is 527 g/mol. The predicted octanol–water partition coefficient (Wildman–Crippen LogP) is 4.16. The lowest BCUT2D eigenvalue weighted by Gasteiger charge is -2.46. The Morgan fingerprint density at radius 2 is 2.03 bits per heavy atom. The van der Waals surface area contributed by atoms with E-state index >= 15 is 4.39 Å². The van der Waals surface area contributed by atoms with Gasteiger partial charge in [0.15, 0.2) is 6.10 Å². The normalized spacial score (nSPS) is 36.5. The van der Waals surface area contributed by atoms with Crippen LogP contribution in [-0.4, -0.2) is 57.0 Å². The molecule has 38 heavy (non-hydrogen) atoms. The number of hydrogen-bond donors (Lipinski definition) is 2. The zero-order valence-corrected chi connectivity index (χ0v) is 22.1. The third-order valence-electron chi connectivity index (χ3n) is 8.76. The van der Waals surface area contributed by atoms with Crippen LogP contribution in [0.1, 0.15) is 77.3 Å². The minimum atomic E-state index is -1.32. The standard InChI is InChI=1S/C30H38FNO6/c1-4-9-21-27(35)19(2)10-7-12-29(3)25(38-29)17-23(22(31)16-20-11-5-6-15-32-20)37-26(34)18-24(33)30(28(21)36)13-8-14-30/h1,5-6,11,15-16,19,21,23-25,27,33,35H,7-10,12-14,17-18H2,2-3H3/b22-16-. The highest BCUT2D eigenvalue weighted by Crippen LogP contribution is 2.49. The molecule has 0 radical (unpaired) electrons. The number of carbonyl (C=O) groups is 2. The van der Waals surface area contributed by atoms with Gasteiger partial charge in [0.1, 0.15) is 11.6 Å². The van der Waals surface area contributed by atoms with Crippen LogP contribution in [0.2, 0.25) is 0 Å². The number of nitrogens with zero attached hydrogens (tertiary/aromatic N) is 1. The van der Waals surface area contributed by atoms with Crippen molar-refractivity contribution >= 4 is 17.8 Å². The number of esters is 1. The van der Waals surface area contributed by atoms with Crippen LogP contribution in [0, 0.1) is 29.6 Å². The summed E-state index contributed by atoms with van der Waals surface area (Å²) in [6, 6.07) is 5.10. The third-order valence-corrected chi connectivity index (χ3v) is 8.76. The second kappa shape index (κ2) is 11.6. The number of aromatic nitrogens is 1. The first-order valence-corrected chi connectivity index (χ1v) is 13.6. The fourth-order valence-electron chi connectivity index (χ4n) is 5.98. The molecule has 7 nitrogen and oxygen atoms in total. The zero-order chi connectivity index (χ0) is 27.5. The number of hydrogen-bond acceptors (Lipinski definition) is 7. The van der Waals surface area contributed by atoms with Gasteiger partial charge < -0.3 is 19.7 Å². The number of Topliss-reactive ketones (excluding diaryl/α,β-unsaturated/α-hetero) is 1. The summed E-state index contributed by atoms with van der Waals surface area (Å²) < 4.78 is 26.9. The number of halogens is 1. The van der Waals surface area contributed by atoms with E-state index in [1.807, 2.05) is 13.8 Å². The van der Waals surface area contributed by atoms with E-state index in [4.69, 9.17) is 15.9 Å². The Hall–Kier alpha value is -2.60. The van der Waals surface area contributed by atoms with E-state index < -0.39 is 53.5 Å². The quantitative estimate of drug-likeness (QED) is 0.345. The van der Waals surface area contributed by atoms with Crippen molar-refractivity contribution in [3.63, 3.8) is 0 Å². The molecule has 3 heterocycles. The van der Waals surface area contributed by atoms with Crippen LogP contribution < -0.4 is 0 Å². The number of carbonyl (C=O) groups excluding carboxylic acids is 2. The van der Waals surface area contributed by atoms with Gasteiger partial charge in [-0.1, -0.05) is 25.8 Å². The molecule has 0 aromatic carbocycles. The van der Waals surface area contributed by atoms with Crippen molar-refractivity contribution in [1.29, 1.82) is 0 Å². The molecule has 3 aliphatic rings. The summed E-state index contributed by atoms with van der Waals surface area (Å²) in [6.07, 6.45) is 7.83. The van der Waals surface area contributed by atoms with Crippen molar-refractivity contribution in [3.05, 3.63) is 35.9 Å². The number of pyridine rings is 1. The molecule has 8 heteroatoms. The molecule has 7 atom stereocenters. The number of aliphatic hydroxyl groups is 2. The molecule has 1 spiro atoms. The third kappa shape index (κ3) is 6.01. The minimum Gasteiger partial charge on any atom is -0.455 e. The van der Waals surface area contributed by atoms with Crippen molar-refractivity contribution < 1.29 is 33.7 Å². The number of fused-ring (bicyclic) bond motifs is 1. The maximum absolute atomic E-state index is 15.4. The van der Waals surface area contributed by atoms with Gasteiger partial charge >= 0.3 is 5.97 Å². The Morgan fingerprint density at radius 3 is 2.66 bits per heavy atom. The lowest BCUT2D eigenvalue weighted by Crippen LogP contribution is -2.53. The molecule has 2 aliphatic heterocycles. The number of epoxide rings is 1. The van der Waals surface area contributed by atoms with E-state index in [0.717, 1.165) is 6.42 Å². The molecule has 1 aromatic rings. The van der Waals surface area contributed by atoms with E-state index in [9.17, 15) is 19.8 Å². The van der Waals surface area contributed by atoms with Crippen LogP contribution in [0.5, 0.6) is 0 Å². The number of aliphatic hydroxyl groups excluding tert-OH is 2. The first kappa shape index (κ1) is 28.4. The molecule has 0 bridgehead atoms. The lowest BCUT2D eigenvalue weighted by atomic mass is 9.58. The maximum atomic E-state index is 15.4. The maximum Gasteiger partial charge on any atom is 0.309 e. The predicted molar refractivity (Wildman–Crippen MR) is 139 cm³/mol. The summed E-state index contributed by atoms with van der Waals surface area (Å²) >= 11 is 0. The number of cyclic esters (lactones) is 1. The van der Waals surface area contributed by atoms with Gasteiger partial charge in [-0.3, -0.25) is 14.6 Å². The van der Waals surface area contributed by atoms with E-state index in [-0.39, 0.29) is 30.6 Å². The van der Waals surface area contributed by atoms with Crippen molar-refractivity contribution in [2.75, 3.05) is 0 Å². The summed E-state index contributed by atoms with van der Waals surface area (Å²) in [7, 11) is 0. The minimum absolute atomic E-state index is 0.0533. The van der Waals surface area contributed by atoms with Crippen LogP contribution in [0.15, 0.2) is 30.2 Å². The van der Waals surface area contributed by atoms with Gasteiger partial charge in [0.25, 0.3) is 0 Å². The lowest BCUT2D eigenvalue weighted by molar-refractivity contribution is -0.162. The summed E-state index contributed by atoms with van der Waals surface area (Å²) in [6.45, 7) is 3.84. The molecule has 2 saturated heterocycles. The van der Waals surface area contributed by atoms with Gasteiger partial charge in [0.2, 0.25) is 0 Å². The second-order valence-corrected chi connectivity index (χ2v) is 11.4. The number of ether oxygens (including phenoxy) is 2. The van der Waals surface area contributed by atoms with Crippen molar-refractivity contribution in [2.45, 2.75) is 102 Å². The van der Waals surface area contributed by atoms with E-state index in [1.54, 1.807) is 24.4 Å². The molecule has 7 unspecified atom stereocenters. The Labute approximate surface area is 223 Å². The summed E-state index contributed by atoms with van der Waals surface area (Å²) in [5.74, 6) is -0.284. The average Bonchev–Trinajstić information content (AvgIpc) is 3.49. The Bertz CT molecular complexity index is 1080. The number of terminal acetylenes is 1. The van der Waals surface area contributed by atoms with Gasteiger partial charge in [-0.25, -0.2) is 4.39 Å². The van der Waals surface area contributed by atoms with E-state index in [1.165, 1.54) is 6.08 Å². The summed E-state index contributed by atoms with van der Waals surface area (Å²) in [5, 5.41) is 22.3. The summed E-state index contributed by atoms with van der Waals surface area (Å²) in [5.41, 5.74) is -1.28. The molecule has 1 saturated carbocycles. The highest BCUT2D eigenvalue weighted by molar-refractivity contribution is 5.90. The highest BCUT2D eigenvalue weighted by atomic mass is 19.1. The molecular weight excluding hydrogens is 489 g/mol. The molecule has 4 rings (SSSR count). The smallest absolute Gasteiger partial charge is 0.309 e. The van der Waals surface area contributed by atoms with Crippen LogP contribution in [0.25, 0.3) is 6.08 Å². The fraction of sp³-hybridized carbons (Fsp3) is 0.633. The average molecular weight is 528 g/mol. The van der Waals surface area contributed by atoms with Gasteiger partial charge in [0, 0.05) is 19.0 Å². The van der Waals surface area contributed by atoms with E-state index in [0.29, 0.717) is 37.8 Å². The molecule has 206 valence electrons. The fourth-order valence-corrected chi connectivity index (χ4v) is 5.98. The van der Waals surface area contributed by atoms with Crippen LogP contribution in [0.4, 0.5) is 4.39 Å². The Morgan fingerprint density at radius 1 is 1.26 bits per heavy atom. The van der Waals surface area contributed by atoms with E-state index in [2.05, 4.69) is 10.9 Å². The molecule has 1 aromatic heterocycles. The first-order valence-electron chi connectivity index (χ1n) is 13.6. The van der Waals surface area contributed by atoms with Gasteiger partial charge in [-0.15, -0.1) is 12.3 Å². The van der Waals surface area contributed by atoms with Crippen molar-refractivity contribution in [3.8, 4) is 12.3 Å². The highest BCUT2D eigenvalue weighted by Gasteiger charge is 2.55. The molecule has 2 N–H and O–H groups in total. The van der Waals surface area contributed by atoms with Crippen LogP contribution in [0.3, 0.4) is 0 Å². The number of ketones is 1. The molecular formula is C30H38FNO6. The molecule has 1 aliphatic carbocycles. The summed E-state index contributed by atoms with van der Waals surface area (Å²) in [4.78, 5) is 30.8. The Kier molecular flexibility index (Phi) is 8.71. The largest absolute Gasteiger partial charge is 0.455 e. The van der Waals surface area contributed by atoms with Crippen LogP contribution >= 0.6 is 0 Å². The van der Waals surface area contributed by atoms with Gasteiger partial charge in [0.05, 0.1) is 47.4 Å². The first-order chi connectivity index (χ1) is 18.1. The van der Waals surface area contributed by atoms with Crippen LogP contribution in [-0.2, 0) is 19.1 Å². The SMILES string of the molecule is C#CCC1C(=O)C2(CCC2)C(O)CC(=O)OC(/C(F)=C/c2ccccn2)CC2OC2(C)CCCC(C)C1O. The molecule has 0 amide bonds. The topological polar surface area (TPSA) is 109 Å². The van der Waals surface area contributed by atoms with Gasteiger partial charge in [-0.05, 0) is 56.7 Å². The zero-order valence-electron chi connectivity index (χ0n) is 22.1.